The van der Waals surface area contributed by atoms with E-state index < -0.39 is 17.0 Å². The first-order chi connectivity index (χ1) is 14.7. The van der Waals surface area contributed by atoms with Crippen LogP contribution >= 0.6 is 11.6 Å². The van der Waals surface area contributed by atoms with Gasteiger partial charge in [-0.25, -0.2) is 4.39 Å². The number of amides is 1. The highest BCUT2D eigenvalue weighted by Gasteiger charge is 2.37. The van der Waals surface area contributed by atoms with Crippen LogP contribution in [0.5, 0.6) is 5.75 Å². The van der Waals surface area contributed by atoms with Crippen molar-refractivity contribution in [3.63, 3.8) is 0 Å². The van der Waals surface area contributed by atoms with Gasteiger partial charge in [-0.05, 0) is 75.1 Å². The molecule has 1 amide bonds. The van der Waals surface area contributed by atoms with Gasteiger partial charge in [-0.3, -0.25) is 9.78 Å². The molecule has 3 aromatic rings. The maximum atomic E-state index is 13.5. The summed E-state index contributed by atoms with van der Waals surface area (Å²) < 4.78 is 19.3. The van der Waals surface area contributed by atoms with E-state index in [0.29, 0.717) is 17.2 Å². The SMILES string of the molecule is CC(C)(Oc1cccc(F)c1)C(=O)NC(C)(CCc1ccc(Cl)cc1)c1cccnc1. The molecule has 2 aromatic carbocycles. The number of carbonyl (C=O) groups is 1. The van der Waals surface area contributed by atoms with Crippen LogP contribution in [-0.2, 0) is 16.8 Å². The van der Waals surface area contributed by atoms with Crippen LogP contribution in [0.2, 0.25) is 5.02 Å². The van der Waals surface area contributed by atoms with Gasteiger partial charge in [0.15, 0.2) is 5.60 Å². The molecule has 1 aromatic heterocycles. The summed E-state index contributed by atoms with van der Waals surface area (Å²) in [5.41, 5.74) is 0.105. The van der Waals surface area contributed by atoms with E-state index in [1.165, 1.54) is 12.1 Å². The highest BCUT2D eigenvalue weighted by Crippen LogP contribution is 2.28. The molecule has 4 nitrogen and oxygen atoms in total. The first-order valence-electron chi connectivity index (χ1n) is 10.1. The Balaban J connectivity index is 1.80. The van der Waals surface area contributed by atoms with Crippen molar-refractivity contribution in [2.45, 2.75) is 44.8 Å². The molecular formula is C25H26ClFN2O2. The van der Waals surface area contributed by atoms with Gasteiger partial charge in [0.05, 0.1) is 5.54 Å². The third-order valence-corrected chi connectivity index (χ3v) is 5.48. The number of halogens is 2. The normalized spacial score (nSPS) is 13.3. The quantitative estimate of drug-likeness (QED) is 0.489. The highest BCUT2D eigenvalue weighted by atomic mass is 35.5. The van der Waals surface area contributed by atoms with Gasteiger partial charge in [0.2, 0.25) is 0 Å². The summed E-state index contributed by atoms with van der Waals surface area (Å²) in [5.74, 6) is -0.430. The van der Waals surface area contributed by atoms with Crippen molar-refractivity contribution in [1.82, 2.24) is 10.3 Å². The molecule has 0 aliphatic rings. The van der Waals surface area contributed by atoms with Crippen LogP contribution in [0.1, 0.15) is 38.3 Å². The second-order valence-corrected chi connectivity index (χ2v) is 8.66. The molecule has 0 saturated carbocycles. The smallest absolute Gasteiger partial charge is 0.264 e. The van der Waals surface area contributed by atoms with Crippen LogP contribution in [0.15, 0.2) is 73.1 Å². The lowest BCUT2D eigenvalue weighted by molar-refractivity contribution is -0.136. The number of pyridine rings is 1. The molecule has 0 fully saturated rings. The maximum Gasteiger partial charge on any atom is 0.264 e. The van der Waals surface area contributed by atoms with Gasteiger partial charge >= 0.3 is 0 Å². The van der Waals surface area contributed by atoms with Gasteiger partial charge in [-0.1, -0.05) is 35.9 Å². The predicted octanol–water partition coefficient (Wildman–Crippen LogP) is 5.70. The first kappa shape index (κ1) is 22.8. The molecule has 0 spiro atoms. The fourth-order valence-electron chi connectivity index (χ4n) is 3.29. The van der Waals surface area contributed by atoms with E-state index in [4.69, 9.17) is 16.3 Å². The molecule has 0 aliphatic carbocycles. The van der Waals surface area contributed by atoms with Gasteiger partial charge in [0.1, 0.15) is 11.6 Å². The fraction of sp³-hybridized carbons (Fsp3) is 0.280. The molecular weight excluding hydrogens is 415 g/mol. The summed E-state index contributed by atoms with van der Waals surface area (Å²) in [7, 11) is 0. The molecule has 3 rings (SSSR count). The molecule has 162 valence electrons. The van der Waals surface area contributed by atoms with Crippen molar-refractivity contribution in [2.24, 2.45) is 0 Å². The number of rotatable bonds is 8. The van der Waals surface area contributed by atoms with Crippen molar-refractivity contribution in [3.8, 4) is 5.75 Å². The van der Waals surface area contributed by atoms with Crippen LogP contribution in [-0.4, -0.2) is 16.5 Å². The van der Waals surface area contributed by atoms with E-state index in [2.05, 4.69) is 10.3 Å². The lowest BCUT2D eigenvalue weighted by atomic mass is 9.86. The number of ether oxygens (including phenoxy) is 1. The van der Waals surface area contributed by atoms with Crippen molar-refractivity contribution in [2.75, 3.05) is 0 Å². The van der Waals surface area contributed by atoms with E-state index in [0.717, 1.165) is 17.5 Å². The van der Waals surface area contributed by atoms with Crippen molar-refractivity contribution < 1.29 is 13.9 Å². The Kier molecular flexibility index (Phi) is 6.96. The second kappa shape index (κ2) is 9.48. The maximum absolute atomic E-state index is 13.5. The minimum atomic E-state index is -1.21. The number of hydrogen-bond donors (Lipinski definition) is 1. The van der Waals surface area contributed by atoms with E-state index in [1.54, 1.807) is 38.4 Å². The van der Waals surface area contributed by atoms with Gasteiger partial charge in [-0.15, -0.1) is 0 Å². The van der Waals surface area contributed by atoms with Crippen molar-refractivity contribution >= 4 is 17.5 Å². The van der Waals surface area contributed by atoms with Crippen LogP contribution in [0.4, 0.5) is 4.39 Å². The summed E-state index contributed by atoms with van der Waals surface area (Å²) in [6, 6.07) is 17.2. The second-order valence-electron chi connectivity index (χ2n) is 8.22. The Labute approximate surface area is 187 Å². The Morgan fingerprint density at radius 1 is 1.10 bits per heavy atom. The zero-order chi connectivity index (χ0) is 22.5. The number of hydrogen-bond acceptors (Lipinski definition) is 3. The van der Waals surface area contributed by atoms with E-state index in [9.17, 15) is 9.18 Å². The van der Waals surface area contributed by atoms with Crippen LogP contribution in [0.25, 0.3) is 0 Å². The number of aromatic nitrogens is 1. The Morgan fingerprint density at radius 2 is 1.84 bits per heavy atom. The molecule has 1 N–H and O–H groups in total. The average molecular weight is 441 g/mol. The minimum absolute atomic E-state index is 0.296. The average Bonchev–Trinajstić information content (AvgIpc) is 2.74. The molecule has 0 radical (unpaired) electrons. The molecule has 31 heavy (non-hydrogen) atoms. The molecule has 0 aliphatic heterocycles. The molecule has 1 unspecified atom stereocenters. The number of benzene rings is 2. The van der Waals surface area contributed by atoms with Gasteiger partial charge in [0, 0.05) is 23.5 Å². The zero-order valence-corrected chi connectivity index (χ0v) is 18.6. The summed E-state index contributed by atoms with van der Waals surface area (Å²) >= 11 is 5.99. The summed E-state index contributed by atoms with van der Waals surface area (Å²) in [4.78, 5) is 17.5. The Hall–Kier alpha value is -2.92. The predicted molar refractivity (Wildman–Crippen MR) is 121 cm³/mol. The highest BCUT2D eigenvalue weighted by molar-refractivity contribution is 6.30. The summed E-state index contributed by atoms with van der Waals surface area (Å²) in [6.07, 6.45) is 4.82. The number of nitrogens with zero attached hydrogens (tertiary/aromatic N) is 1. The van der Waals surface area contributed by atoms with E-state index in [1.807, 2.05) is 43.3 Å². The molecule has 1 atom stereocenters. The van der Waals surface area contributed by atoms with Crippen molar-refractivity contribution in [1.29, 1.82) is 0 Å². The van der Waals surface area contributed by atoms with Gasteiger partial charge < -0.3 is 10.1 Å². The fourth-order valence-corrected chi connectivity index (χ4v) is 3.41. The monoisotopic (exact) mass is 440 g/mol. The first-order valence-corrected chi connectivity index (χ1v) is 10.5. The van der Waals surface area contributed by atoms with Crippen LogP contribution < -0.4 is 10.1 Å². The lowest BCUT2D eigenvalue weighted by Crippen LogP contribution is -2.54. The topological polar surface area (TPSA) is 51.2 Å². The molecule has 6 heteroatoms. The van der Waals surface area contributed by atoms with Crippen LogP contribution in [0, 0.1) is 5.82 Å². The van der Waals surface area contributed by atoms with Crippen molar-refractivity contribution in [3.05, 3.63) is 95.0 Å². The third-order valence-electron chi connectivity index (χ3n) is 5.23. The standard InChI is InChI=1S/C25H26ClFN2O2/c1-24(2,31-22-8-4-7-21(27)16-22)23(30)29-25(3,19-6-5-15-28-17-19)14-13-18-9-11-20(26)12-10-18/h4-12,15-17H,13-14H2,1-3H3,(H,29,30). The largest absolute Gasteiger partial charge is 0.478 e. The summed E-state index contributed by atoms with van der Waals surface area (Å²) in [5, 5.41) is 3.83. The number of nitrogens with one attached hydrogen (secondary N) is 1. The van der Waals surface area contributed by atoms with Crippen LogP contribution in [0.3, 0.4) is 0 Å². The van der Waals surface area contributed by atoms with E-state index >= 15 is 0 Å². The Bertz CT molecular complexity index is 1030. The van der Waals surface area contributed by atoms with Gasteiger partial charge in [-0.2, -0.15) is 0 Å². The Morgan fingerprint density at radius 3 is 2.48 bits per heavy atom. The van der Waals surface area contributed by atoms with Gasteiger partial charge in [0.25, 0.3) is 5.91 Å². The molecule has 1 heterocycles. The number of carbonyl (C=O) groups excluding carboxylic acids is 1. The molecule has 0 saturated heterocycles. The lowest BCUT2D eigenvalue weighted by Gasteiger charge is -2.35. The third kappa shape index (κ3) is 6.05. The molecule has 0 bridgehead atoms. The minimum Gasteiger partial charge on any atom is -0.478 e. The zero-order valence-electron chi connectivity index (χ0n) is 17.9. The number of aryl methyl sites for hydroxylation is 1. The summed E-state index contributed by atoms with van der Waals surface area (Å²) in [6.45, 7) is 5.29. The van der Waals surface area contributed by atoms with E-state index in [-0.39, 0.29) is 5.91 Å².